The zero-order valence-electron chi connectivity index (χ0n) is 10.8. The van der Waals surface area contributed by atoms with Crippen LogP contribution in [0.15, 0.2) is 30.3 Å². The fourth-order valence-corrected chi connectivity index (χ4v) is 2.08. The van der Waals surface area contributed by atoms with Gasteiger partial charge in [0.15, 0.2) is 0 Å². The van der Waals surface area contributed by atoms with E-state index in [0.717, 1.165) is 24.8 Å². The minimum absolute atomic E-state index is 0.0653. The van der Waals surface area contributed by atoms with Gasteiger partial charge in [-0.25, -0.2) is 0 Å². The Kier molecular flexibility index (Phi) is 4.34. The van der Waals surface area contributed by atoms with Crippen molar-refractivity contribution in [2.75, 3.05) is 12.3 Å². The van der Waals surface area contributed by atoms with Crippen LogP contribution in [-0.2, 0) is 9.59 Å². The third kappa shape index (κ3) is 3.68. The van der Waals surface area contributed by atoms with E-state index in [1.807, 2.05) is 12.1 Å². The number of nitrogen functional groups attached to an aromatic ring is 1. The molecule has 1 aliphatic rings. The van der Waals surface area contributed by atoms with Crippen molar-refractivity contribution in [1.29, 1.82) is 0 Å². The maximum atomic E-state index is 12.0. The molecule has 0 bridgehead atoms. The minimum atomic E-state index is -0.233. The third-order valence-corrected chi connectivity index (χ3v) is 3.19. The van der Waals surface area contributed by atoms with Crippen molar-refractivity contribution in [2.45, 2.75) is 25.7 Å². The molecule has 4 heteroatoms. The molecule has 19 heavy (non-hydrogen) atoms. The number of likely N-dealkylation sites (tertiary alicyclic amines) is 1. The summed E-state index contributed by atoms with van der Waals surface area (Å²) < 4.78 is 0. The molecule has 1 aromatic rings. The number of hydrogen-bond donors (Lipinski definition) is 1. The van der Waals surface area contributed by atoms with E-state index in [2.05, 4.69) is 0 Å². The van der Waals surface area contributed by atoms with Crippen LogP contribution in [0.4, 0.5) is 5.69 Å². The number of rotatable bonds is 2. The normalized spacial score (nSPS) is 16.6. The summed E-state index contributed by atoms with van der Waals surface area (Å²) in [5.41, 5.74) is 7.17. The van der Waals surface area contributed by atoms with E-state index < -0.39 is 0 Å². The highest BCUT2D eigenvalue weighted by atomic mass is 16.2. The lowest BCUT2D eigenvalue weighted by atomic mass is 10.2. The van der Waals surface area contributed by atoms with Gasteiger partial charge in [0.25, 0.3) is 5.91 Å². The number of amides is 2. The maximum Gasteiger partial charge on any atom is 0.253 e. The van der Waals surface area contributed by atoms with Crippen LogP contribution < -0.4 is 5.73 Å². The molecule has 100 valence electrons. The molecule has 0 aliphatic carbocycles. The van der Waals surface area contributed by atoms with Crippen LogP contribution in [0.2, 0.25) is 0 Å². The Balaban J connectivity index is 2.03. The second kappa shape index (κ2) is 6.18. The molecule has 4 nitrogen and oxygen atoms in total. The van der Waals surface area contributed by atoms with E-state index in [1.165, 1.54) is 11.0 Å². The molecule has 1 aliphatic heterocycles. The van der Waals surface area contributed by atoms with Crippen LogP contribution >= 0.6 is 0 Å². The maximum absolute atomic E-state index is 12.0. The van der Waals surface area contributed by atoms with Crippen molar-refractivity contribution >= 4 is 23.6 Å². The second-order valence-electron chi connectivity index (χ2n) is 4.69. The molecule has 1 heterocycles. The number of hydrogen-bond acceptors (Lipinski definition) is 3. The van der Waals surface area contributed by atoms with Gasteiger partial charge >= 0.3 is 0 Å². The lowest BCUT2D eigenvalue weighted by Gasteiger charge is -2.15. The first kappa shape index (κ1) is 13.3. The van der Waals surface area contributed by atoms with Crippen LogP contribution in [0.5, 0.6) is 0 Å². The van der Waals surface area contributed by atoms with Gasteiger partial charge < -0.3 is 5.73 Å². The number of nitrogens with two attached hydrogens (primary N) is 1. The summed E-state index contributed by atoms with van der Waals surface area (Å²) in [4.78, 5) is 25.1. The average Bonchev–Trinajstić information content (AvgIpc) is 2.62. The summed E-state index contributed by atoms with van der Waals surface area (Å²) in [6.07, 6.45) is 6.42. The first-order chi connectivity index (χ1) is 9.16. The molecule has 1 fully saturated rings. The Labute approximate surface area is 112 Å². The van der Waals surface area contributed by atoms with E-state index >= 15 is 0 Å². The van der Waals surface area contributed by atoms with E-state index in [-0.39, 0.29) is 11.8 Å². The van der Waals surface area contributed by atoms with Gasteiger partial charge in [-0.2, -0.15) is 0 Å². The summed E-state index contributed by atoms with van der Waals surface area (Å²) in [5.74, 6) is -0.298. The van der Waals surface area contributed by atoms with E-state index in [0.29, 0.717) is 18.7 Å². The highest BCUT2D eigenvalue weighted by Crippen LogP contribution is 2.12. The predicted octanol–water partition coefficient (Wildman–Crippen LogP) is 2.21. The Morgan fingerprint density at radius 2 is 1.89 bits per heavy atom. The summed E-state index contributed by atoms with van der Waals surface area (Å²) in [7, 11) is 0. The average molecular weight is 258 g/mol. The first-order valence-corrected chi connectivity index (χ1v) is 6.55. The van der Waals surface area contributed by atoms with Gasteiger partial charge in [-0.15, -0.1) is 0 Å². The molecule has 0 spiro atoms. The van der Waals surface area contributed by atoms with Crippen LogP contribution in [0.1, 0.15) is 31.2 Å². The number of nitrogens with zero attached hydrogens (tertiary/aromatic N) is 1. The highest BCUT2D eigenvalue weighted by molar-refractivity contribution is 6.02. The van der Waals surface area contributed by atoms with Crippen molar-refractivity contribution in [2.24, 2.45) is 0 Å². The molecule has 1 aromatic carbocycles. The number of imide groups is 1. The molecular weight excluding hydrogens is 240 g/mol. The molecule has 2 rings (SSSR count). The fourth-order valence-electron chi connectivity index (χ4n) is 2.08. The standard InChI is InChI=1S/C15H18N2O2/c16-13-8-5-12(6-9-13)7-10-15(19)17-11-3-1-2-4-14(17)18/h5-10H,1-4,11,16H2/b10-7+. The van der Waals surface area contributed by atoms with Crippen LogP contribution in [0, 0.1) is 0 Å². The molecule has 0 atom stereocenters. The molecule has 2 N–H and O–H groups in total. The molecule has 2 amide bonds. The smallest absolute Gasteiger partial charge is 0.253 e. The Morgan fingerprint density at radius 1 is 1.16 bits per heavy atom. The summed E-state index contributed by atoms with van der Waals surface area (Å²) in [6.45, 7) is 0.531. The fraction of sp³-hybridized carbons (Fsp3) is 0.333. The van der Waals surface area contributed by atoms with Crippen LogP contribution in [0.25, 0.3) is 6.08 Å². The number of carbonyl (C=O) groups is 2. The van der Waals surface area contributed by atoms with E-state index in [1.54, 1.807) is 18.2 Å². The van der Waals surface area contributed by atoms with Crippen molar-refractivity contribution in [3.63, 3.8) is 0 Å². The highest BCUT2D eigenvalue weighted by Gasteiger charge is 2.20. The summed E-state index contributed by atoms with van der Waals surface area (Å²) in [5, 5.41) is 0. The largest absolute Gasteiger partial charge is 0.399 e. The van der Waals surface area contributed by atoms with E-state index in [4.69, 9.17) is 5.73 Å². The van der Waals surface area contributed by atoms with Gasteiger partial charge in [-0.3, -0.25) is 14.5 Å². The van der Waals surface area contributed by atoms with Gasteiger partial charge in [0, 0.05) is 24.7 Å². The quantitative estimate of drug-likeness (QED) is 0.653. The summed E-state index contributed by atoms with van der Waals surface area (Å²) >= 11 is 0. The molecular formula is C15H18N2O2. The van der Waals surface area contributed by atoms with Crippen molar-refractivity contribution in [3.05, 3.63) is 35.9 Å². The van der Waals surface area contributed by atoms with Gasteiger partial charge in [-0.05, 0) is 36.6 Å². The van der Waals surface area contributed by atoms with Gasteiger partial charge in [-0.1, -0.05) is 18.6 Å². The monoisotopic (exact) mass is 258 g/mol. The van der Waals surface area contributed by atoms with Crippen LogP contribution in [-0.4, -0.2) is 23.3 Å². The third-order valence-electron chi connectivity index (χ3n) is 3.19. The molecule has 0 aromatic heterocycles. The second-order valence-corrected chi connectivity index (χ2v) is 4.69. The lowest BCUT2D eigenvalue weighted by Crippen LogP contribution is -2.35. The number of benzene rings is 1. The molecule has 1 saturated heterocycles. The van der Waals surface area contributed by atoms with Crippen molar-refractivity contribution in [1.82, 2.24) is 4.90 Å². The van der Waals surface area contributed by atoms with Gasteiger partial charge in [0.1, 0.15) is 0 Å². The summed E-state index contributed by atoms with van der Waals surface area (Å²) in [6, 6.07) is 7.23. The molecule has 0 saturated carbocycles. The minimum Gasteiger partial charge on any atom is -0.399 e. The topological polar surface area (TPSA) is 63.4 Å². The zero-order chi connectivity index (χ0) is 13.7. The zero-order valence-corrected chi connectivity index (χ0v) is 10.8. The first-order valence-electron chi connectivity index (χ1n) is 6.55. The SMILES string of the molecule is Nc1ccc(/C=C/C(=O)N2CCCCCC2=O)cc1. The Hall–Kier alpha value is -2.10. The van der Waals surface area contributed by atoms with Crippen molar-refractivity contribution in [3.8, 4) is 0 Å². The van der Waals surface area contributed by atoms with E-state index in [9.17, 15) is 9.59 Å². The Bertz CT molecular complexity index is 491. The predicted molar refractivity (Wildman–Crippen MR) is 75.1 cm³/mol. The number of carbonyl (C=O) groups excluding carboxylic acids is 2. The molecule has 0 unspecified atom stereocenters. The van der Waals surface area contributed by atoms with Gasteiger partial charge in [0.2, 0.25) is 5.91 Å². The van der Waals surface area contributed by atoms with Crippen molar-refractivity contribution < 1.29 is 9.59 Å². The van der Waals surface area contributed by atoms with Gasteiger partial charge in [0.05, 0.1) is 0 Å². The lowest BCUT2D eigenvalue weighted by molar-refractivity contribution is -0.141. The molecule has 0 radical (unpaired) electrons. The van der Waals surface area contributed by atoms with Crippen LogP contribution in [0.3, 0.4) is 0 Å². The Morgan fingerprint density at radius 3 is 2.63 bits per heavy atom. The number of anilines is 1.